The van der Waals surface area contributed by atoms with Gasteiger partial charge in [0.05, 0.1) is 6.20 Å². The Morgan fingerprint density at radius 2 is 1.53 bits per heavy atom. The van der Waals surface area contributed by atoms with E-state index in [4.69, 9.17) is 10.2 Å². The van der Waals surface area contributed by atoms with Crippen molar-refractivity contribution in [2.45, 2.75) is 6.92 Å². The summed E-state index contributed by atoms with van der Waals surface area (Å²) in [6.07, 6.45) is 1.75. The van der Waals surface area contributed by atoms with Gasteiger partial charge < -0.3 is 10.2 Å². The monoisotopic (exact) mass is 250 g/mol. The number of nitrogen functional groups attached to an aromatic ring is 1. The zero-order valence-corrected chi connectivity index (χ0v) is 10.6. The lowest BCUT2D eigenvalue weighted by Crippen LogP contribution is -1.83. The summed E-state index contributed by atoms with van der Waals surface area (Å²) in [5.41, 5.74) is 9.57. The van der Waals surface area contributed by atoms with Crippen molar-refractivity contribution in [1.29, 1.82) is 0 Å². The molecule has 1 aromatic heterocycles. The molecule has 0 spiro atoms. The summed E-state index contributed by atoms with van der Waals surface area (Å²) in [6, 6.07) is 15.7. The molecular formula is C16H14N2O. The summed E-state index contributed by atoms with van der Waals surface area (Å²) in [5, 5.41) is 0. The van der Waals surface area contributed by atoms with Gasteiger partial charge in [-0.25, -0.2) is 4.98 Å². The van der Waals surface area contributed by atoms with E-state index in [1.54, 1.807) is 6.20 Å². The first kappa shape index (κ1) is 11.5. The Hall–Kier alpha value is -2.55. The highest BCUT2D eigenvalue weighted by molar-refractivity contribution is 5.62. The minimum Gasteiger partial charge on any atom is -0.436 e. The standard InChI is InChI=1S/C16H14N2O/c1-11-2-4-12(5-3-11)15-10-18-16(19-15)13-6-8-14(17)9-7-13/h2-10H,17H2,1H3. The maximum atomic E-state index is 5.78. The first-order valence-electron chi connectivity index (χ1n) is 6.11. The minimum absolute atomic E-state index is 0.607. The summed E-state index contributed by atoms with van der Waals surface area (Å²) < 4.78 is 5.78. The van der Waals surface area contributed by atoms with Gasteiger partial charge in [0, 0.05) is 16.8 Å². The lowest BCUT2D eigenvalue weighted by Gasteiger charge is -1.98. The van der Waals surface area contributed by atoms with E-state index in [0.717, 1.165) is 22.6 Å². The highest BCUT2D eigenvalue weighted by Crippen LogP contribution is 2.26. The van der Waals surface area contributed by atoms with Gasteiger partial charge in [0.15, 0.2) is 5.76 Å². The van der Waals surface area contributed by atoms with Crippen LogP contribution in [0.4, 0.5) is 5.69 Å². The van der Waals surface area contributed by atoms with Gasteiger partial charge in [-0.1, -0.05) is 29.8 Å². The topological polar surface area (TPSA) is 52.0 Å². The summed E-state index contributed by atoms with van der Waals surface area (Å²) in [5.74, 6) is 1.38. The maximum Gasteiger partial charge on any atom is 0.226 e. The molecule has 2 aromatic carbocycles. The summed E-state index contributed by atoms with van der Waals surface area (Å²) in [6.45, 7) is 2.06. The maximum absolute atomic E-state index is 5.78. The normalized spacial score (nSPS) is 10.6. The van der Waals surface area contributed by atoms with Crippen molar-refractivity contribution in [2.75, 3.05) is 5.73 Å². The van der Waals surface area contributed by atoms with Gasteiger partial charge >= 0.3 is 0 Å². The Morgan fingerprint density at radius 3 is 2.21 bits per heavy atom. The van der Waals surface area contributed by atoms with E-state index < -0.39 is 0 Å². The van der Waals surface area contributed by atoms with Crippen LogP contribution in [0.25, 0.3) is 22.8 Å². The third-order valence-electron chi connectivity index (χ3n) is 3.00. The summed E-state index contributed by atoms with van der Waals surface area (Å²) >= 11 is 0. The van der Waals surface area contributed by atoms with E-state index >= 15 is 0 Å². The SMILES string of the molecule is Cc1ccc(-c2cnc(-c3ccc(N)cc3)o2)cc1. The van der Waals surface area contributed by atoms with E-state index in [-0.39, 0.29) is 0 Å². The molecule has 0 aliphatic rings. The van der Waals surface area contributed by atoms with Crippen LogP contribution < -0.4 is 5.73 Å². The lowest BCUT2D eigenvalue weighted by molar-refractivity contribution is 0.589. The molecule has 0 amide bonds. The van der Waals surface area contributed by atoms with Crippen LogP contribution in [0.5, 0.6) is 0 Å². The van der Waals surface area contributed by atoms with Gasteiger partial charge in [0.1, 0.15) is 0 Å². The molecule has 94 valence electrons. The molecule has 3 aromatic rings. The first-order chi connectivity index (χ1) is 9.22. The number of anilines is 1. The molecule has 19 heavy (non-hydrogen) atoms. The zero-order valence-electron chi connectivity index (χ0n) is 10.6. The first-order valence-corrected chi connectivity index (χ1v) is 6.11. The Labute approximate surface area is 111 Å². The molecule has 0 aliphatic carbocycles. The largest absolute Gasteiger partial charge is 0.436 e. The van der Waals surface area contributed by atoms with Crippen LogP contribution in [0.2, 0.25) is 0 Å². The average Bonchev–Trinajstić information content (AvgIpc) is 2.90. The number of hydrogen-bond acceptors (Lipinski definition) is 3. The number of aromatic nitrogens is 1. The molecule has 0 radical (unpaired) electrons. The average molecular weight is 250 g/mol. The van der Waals surface area contributed by atoms with Gasteiger partial charge in [0.25, 0.3) is 0 Å². The predicted molar refractivity (Wildman–Crippen MR) is 76.5 cm³/mol. The second-order valence-corrected chi connectivity index (χ2v) is 4.52. The second-order valence-electron chi connectivity index (χ2n) is 4.52. The molecule has 0 unspecified atom stereocenters. The van der Waals surface area contributed by atoms with Crippen LogP contribution >= 0.6 is 0 Å². The second kappa shape index (κ2) is 4.61. The molecule has 0 saturated heterocycles. The zero-order chi connectivity index (χ0) is 13.2. The van der Waals surface area contributed by atoms with Crippen molar-refractivity contribution < 1.29 is 4.42 Å². The number of hydrogen-bond donors (Lipinski definition) is 1. The van der Waals surface area contributed by atoms with Crippen LogP contribution in [-0.2, 0) is 0 Å². The number of nitrogens with two attached hydrogens (primary N) is 1. The van der Waals surface area contributed by atoms with E-state index in [1.165, 1.54) is 5.56 Å². The van der Waals surface area contributed by atoms with Crippen molar-refractivity contribution in [3.8, 4) is 22.8 Å². The fourth-order valence-corrected chi connectivity index (χ4v) is 1.88. The van der Waals surface area contributed by atoms with Crippen molar-refractivity contribution in [3.05, 3.63) is 60.3 Å². The third-order valence-corrected chi connectivity index (χ3v) is 3.00. The minimum atomic E-state index is 0.607. The Balaban J connectivity index is 1.95. The quantitative estimate of drug-likeness (QED) is 0.702. The van der Waals surface area contributed by atoms with Crippen LogP contribution in [0.15, 0.2) is 59.1 Å². The molecule has 3 nitrogen and oxygen atoms in total. The smallest absolute Gasteiger partial charge is 0.226 e. The number of nitrogens with zero attached hydrogens (tertiary/aromatic N) is 1. The number of rotatable bonds is 2. The van der Waals surface area contributed by atoms with Crippen LogP contribution in [0, 0.1) is 6.92 Å². The molecule has 3 rings (SSSR count). The molecule has 0 bridgehead atoms. The Kier molecular flexibility index (Phi) is 2.80. The highest BCUT2D eigenvalue weighted by atomic mass is 16.4. The van der Waals surface area contributed by atoms with E-state index in [9.17, 15) is 0 Å². The summed E-state index contributed by atoms with van der Waals surface area (Å²) in [7, 11) is 0. The molecule has 1 heterocycles. The molecule has 3 heteroatoms. The molecule has 0 saturated carbocycles. The van der Waals surface area contributed by atoms with Crippen LogP contribution in [0.3, 0.4) is 0 Å². The van der Waals surface area contributed by atoms with Crippen molar-refractivity contribution in [3.63, 3.8) is 0 Å². The van der Waals surface area contributed by atoms with E-state index in [2.05, 4.69) is 24.0 Å². The number of oxazole rings is 1. The van der Waals surface area contributed by atoms with Gasteiger partial charge in [-0.3, -0.25) is 0 Å². The Morgan fingerprint density at radius 1 is 0.895 bits per heavy atom. The highest BCUT2D eigenvalue weighted by Gasteiger charge is 2.08. The summed E-state index contributed by atoms with van der Waals surface area (Å²) in [4.78, 5) is 4.31. The third kappa shape index (κ3) is 2.36. The lowest BCUT2D eigenvalue weighted by atomic mass is 10.1. The number of aryl methyl sites for hydroxylation is 1. The number of benzene rings is 2. The van der Waals surface area contributed by atoms with Crippen molar-refractivity contribution in [2.24, 2.45) is 0 Å². The van der Waals surface area contributed by atoms with Crippen molar-refractivity contribution in [1.82, 2.24) is 4.98 Å². The van der Waals surface area contributed by atoms with Crippen LogP contribution in [0.1, 0.15) is 5.56 Å². The van der Waals surface area contributed by atoms with E-state index in [1.807, 2.05) is 36.4 Å². The molecule has 0 aliphatic heterocycles. The fourth-order valence-electron chi connectivity index (χ4n) is 1.88. The molecule has 0 atom stereocenters. The molecular weight excluding hydrogens is 236 g/mol. The van der Waals surface area contributed by atoms with Gasteiger partial charge in [-0.15, -0.1) is 0 Å². The van der Waals surface area contributed by atoms with E-state index in [0.29, 0.717) is 5.89 Å². The Bertz CT molecular complexity index is 622. The predicted octanol–water partition coefficient (Wildman–Crippen LogP) is 3.90. The van der Waals surface area contributed by atoms with Gasteiger partial charge in [-0.05, 0) is 31.2 Å². The van der Waals surface area contributed by atoms with Gasteiger partial charge in [0.2, 0.25) is 5.89 Å². The molecule has 2 N–H and O–H groups in total. The van der Waals surface area contributed by atoms with Crippen LogP contribution in [-0.4, -0.2) is 4.98 Å². The van der Waals surface area contributed by atoms with Gasteiger partial charge in [-0.2, -0.15) is 0 Å². The fraction of sp³-hybridized carbons (Fsp3) is 0.0625. The van der Waals surface area contributed by atoms with Crippen molar-refractivity contribution >= 4 is 5.69 Å². The molecule has 0 fully saturated rings.